The largest absolute Gasteiger partial charge is 0.497 e. The summed E-state index contributed by atoms with van der Waals surface area (Å²) < 4.78 is 5.17. The Hall–Kier alpha value is -1.55. The van der Waals surface area contributed by atoms with Gasteiger partial charge in [-0.05, 0) is 30.0 Å². The Morgan fingerprint density at radius 3 is 3.00 bits per heavy atom. The normalized spacial score (nSPS) is 23.2. The lowest BCUT2D eigenvalue weighted by molar-refractivity contribution is -0.132. The summed E-state index contributed by atoms with van der Waals surface area (Å²) in [6.45, 7) is 3.64. The maximum atomic E-state index is 12.2. The minimum atomic E-state index is 0.100. The number of amides is 1. The molecule has 4 nitrogen and oxygen atoms in total. The number of ether oxygens (including phenoxy) is 1. The highest BCUT2D eigenvalue weighted by Gasteiger charge is 2.26. The molecule has 104 valence electrons. The molecule has 0 spiro atoms. The van der Waals surface area contributed by atoms with Crippen LogP contribution in [0.5, 0.6) is 5.75 Å². The average Bonchev–Trinajstić information content (AvgIpc) is 2.42. The first-order valence-electron chi connectivity index (χ1n) is 6.76. The second-order valence-electron chi connectivity index (χ2n) is 5.30. The third-order valence-corrected chi connectivity index (χ3v) is 3.86. The number of nitrogens with two attached hydrogens (primary N) is 1. The fourth-order valence-corrected chi connectivity index (χ4v) is 2.39. The van der Waals surface area contributed by atoms with Crippen molar-refractivity contribution in [3.05, 3.63) is 29.8 Å². The number of piperidine rings is 1. The van der Waals surface area contributed by atoms with Gasteiger partial charge in [-0.25, -0.2) is 0 Å². The summed E-state index contributed by atoms with van der Waals surface area (Å²) in [6.07, 6.45) is 1.41. The number of benzene rings is 1. The van der Waals surface area contributed by atoms with Crippen LogP contribution in [0.1, 0.15) is 18.9 Å². The minimum Gasteiger partial charge on any atom is -0.497 e. The zero-order valence-corrected chi connectivity index (χ0v) is 11.6. The molecule has 1 aromatic rings. The number of carbonyl (C=O) groups excluding carboxylic acids is 1. The van der Waals surface area contributed by atoms with E-state index in [1.54, 1.807) is 7.11 Å². The van der Waals surface area contributed by atoms with Crippen molar-refractivity contribution in [3.63, 3.8) is 0 Å². The van der Waals surface area contributed by atoms with E-state index >= 15 is 0 Å². The van der Waals surface area contributed by atoms with Gasteiger partial charge in [-0.15, -0.1) is 0 Å². The van der Waals surface area contributed by atoms with E-state index in [1.807, 2.05) is 29.2 Å². The van der Waals surface area contributed by atoms with Crippen LogP contribution in [0.2, 0.25) is 0 Å². The van der Waals surface area contributed by atoms with Crippen LogP contribution in [0.3, 0.4) is 0 Å². The number of hydrogen-bond donors (Lipinski definition) is 1. The molecule has 1 heterocycles. The van der Waals surface area contributed by atoms with Crippen molar-refractivity contribution in [3.8, 4) is 5.75 Å². The summed E-state index contributed by atoms with van der Waals surface area (Å²) in [7, 11) is 1.63. The number of carbonyl (C=O) groups is 1. The Morgan fingerprint density at radius 2 is 2.32 bits per heavy atom. The molecule has 4 heteroatoms. The summed E-state index contributed by atoms with van der Waals surface area (Å²) in [5, 5.41) is 0. The Morgan fingerprint density at radius 1 is 1.53 bits per heavy atom. The van der Waals surface area contributed by atoms with Gasteiger partial charge < -0.3 is 15.4 Å². The van der Waals surface area contributed by atoms with Gasteiger partial charge in [0.25, 0.3) is 0 Å². The van der Waals surface area contributed by atoms with E-state index in [0.29, 0.717) is 18.9 Å². The smallest absolute Gasteiger partial charge is 0.227 e. The molecule has 2 atom stereocenters. The van der Waals surface area contributed by atoms with E-state index in [9.17, 15) is 4.79 Å². The molecule has 0 aliphatic carbocycles. The van der Waals surface area contributed by atoms with Gasteiger partial charge in [0.15, 0.2) is 0 Å². The van der Waals surface area contributed by atoms with Gasteiger partial charge in [0.2, 0.25) is 5.91 Å². The number of likely N-dealkylation sites (tertiary alicyclic amines) is 1. The van der Waals surface area contributed by atoms with E-state index in [0.717, 1.165) is 24.3 Å². The quantitative estimate of drug-likeness (QED) is 0.896. The fraction of sp³-hybridized carbons (Fsp3) is 0.533. The third-order valence-electron chi connectivity index (χ3n) is 3.86. The summed E-state index contributed by atoms with van der Waals surface area (Å²) in [5.74, 6) is 1.44. The van der Waals surface area contributed by atoms with Crippen molar-refractivity contribution in [1.29, 1.82) is 0 Å². The molecule has 19 heavy (non-hydrogen) atoms. The molecule has 1 aliphatic heterocycles. The predicted molar refractivity (Wildman–Crippen MR) is 75.0 cm³/mol. The molecule has 1 aromatic carbocycles. The predicted octanol–water partition coefficient (Wildman–Crippen LogP) is 1.43. The zero-order valence-electron chi connectivity index (χ0n) is 11.6. The highest BCUT2D eigenvalue weighted by Crippen LogP contribution is 2.18. The maximum absolute atomic E-state index is 12.2. The van der Waals surface area contributed by atoms with Crippen LogP contribution in [0.4, 0.5) is 0 Å². The van der Waals surface area contributed by atoms with Crippen molar-refractivity contribution < 1.29 is 9.53 Å². The molecule has 2 unspecified atom stereocenters. The molecule has 0 bridgehead atoms. The molecule has 1 fully saturated rings. The van der Waals surface area contributed by atoms with Gasteiger partial charge in [0, 0.05) is 19.1 Å². The van der Waals surface area contributed by atoms with Crippen LogP contribution >= 0.6 is 0 Å². The molecular weight excluding hydrogens is 240 g/mol. The van der Waals surface area contributed by atoms with Gasteiger partial charge in [-0.2, -0.15) is 0 Å². The lowest BCUT2D eigenvalue weighted by atomic mass is 9.94. The standard InChI is InChI=1S/C15H22N2O2/c1-11-6-7-17(10-14(11)16)15(18)9-12-4-3-5-13(8-12)19-2/h3-5,8,11,14H,6-7,9-10,16H2,1-2H3. The topological polar surface area (TPSA) is 55.6 Å². The number of nitrogens with zero attached hydrogens (tertiary/aromatic N) is 1. The van der Waals surface area contributed by atoms with E-state index in [2.05, 4.69) is 6.92 Å². The molecule has 0 aromatic heterocycles. The van der Waals surface area contributed by atoms with Crippen molar-refractivity contribution in [2.45, 2.75) is 25.8 Å². The van der Waals surface area contributed by atoms with Crippen molar-refractivity contribution in [1.82, 2.24) is 4.90 Å². The summed E-state index contributed by atoms with van der Waals surface area (Å²) in [6, 6.07) is 7.75. The van der Waals surface area contributed by atoms with Gasteiger partial charge in [-0.1, -0.05) is 19.1 Å². The molecule has 2 rings (SSSR count). The summed E-state index contributed by atoms with van der Waals surface area (Å²) >= 11 is 0. The minimum absolute atomic E-state index is 0.100. The first-order valence-corrected chi connectivity index (χ1v) is 6.76. The lowest BCUT2D eigenvalue weighted by Crippen LogP contribution is -2.50. The molecule has 2 N–H and O–H groups in total. The molecule has 1 amide bonds. The van der Waals surface area contributed by atoms with E-state index in [4.69, 9.17) is 10.5 Å². The Bertz CT molecular complexity index is 448. The van der Waals surface area contributed by atoms with Crippen LogP contribution in [0.25, 0.3) is 0 Å². The van der Waals surface area contributed by atoms with Crippen LogP contribution in [0, 0.1) is 5.92 Å². The van der Waals surface area contributed by atoms with Crippen LogP contribution in [-0.4, -0.2) is 37.0 Å². The fourth-order valence-electron chi connectivity index (χ4n) is 2.39. The first-order chi connectivity index (χ1) is 9.10. The zero-order chi connectivity index (χ0) is 13.8. The monoisotopic (exact) mass is 262 g/mol. The molecule has 0 radical (unpaired) electrons. The van der Waals surface area contributed by atoms with E-state index < -0.39 is 0 Å². The van der Waals surface area contributed by atoms with Crippen molar-refractivity contribution in [2.24, 2.45) is 11.7 Å². The van der Waals surface area contributed by atoms with Crippen LogP contribution in [-0.2, 0) is 11.2 Å². The van der Waals surface area contributed by atoms with Crippen LogP contribution < -0.4 is 10.5 Å². The molecule has 0 saturated carbocycles. The molecule has 1 aliphatic rings. The highest BCUT2D eigenvalue weighted by molar-refractivity contribution is 5.79. The van der Waals surface area contributed by atoms with Crippen LogP contribution in [0.15, 0.2) is 24.3 Å². The Kier molecular flexibility index (Phi) is 4.43. The number of hydrogen-bond acceptors (Lipinski definition) is 3. The SMILES string of the molecule is COc1cccc(CC(=O)N2CCC(C)C(N)C2)c1. The molecular formula is C15H22N2O2. The van der Waals surface area contributed by atoms with Gasteiger partial charge in [0.1, 0.15) is 5.75 Å². The number of rotatable bonds is 3. The second-order valence-corrected chi connectivity index (χ2v) is 5.30. The van der Waals surface area contributed by atoms with Gasteiger partial charge in [0.05, 0.1) is 13.5 Å². The van der Waals surface area contributed by atoms with E-state index in [1.165, 1.54) is 0 Å². The number of methoxy groups -OCH3 is 1. The summed E-state index contributed by atoms with van der Waals surface area (Å²) in [4.78, 5) is 14.1. The van der Waals surface area contributed by atoms with E-state index in [-0.39, 0.29) is 11.9 Å². The van der Waals surface area contributed by atoms with Gasteiger partial charge in [-0.3, -0.25) is 4.79 Å². The third kappa shape index (κ3) is 3.47. The Balaban J connectivity index is 1.97. The van der Waals surface area contributed by atoms with Crippen molar-refractivity contribution >= 4 is 5.91 Å². The van der Waals surface area contributed by atoms with Crippen molar-refractivity contribution in [2.75, 3.05) is 20.2 Å². The second kappa shape index (κ2) is 6.06. The maximum Gasteiger partial charge on any atom is 0.227 e. The summed E-state index contributed by atoms with van der Waals surface area (Å²) in [5.41, 5.74) is 7.01. The lowest BCUT2D eigenvalue weighted by Gasteiger charge is -2.35. The average molecular weight is 262 g/mol. The highest BCUT2D eigenvalue weighted by atomic mass is 16.5. The Labute approximate surface area is 114 Å². The molecule has 1 saturated heterocycles. The first kappa shape index (κ1) is 13.9. The van der Waals surface area contributed by atoms with Gasteiger partial charge >= 0.3 is 0 Å².